The average molecular weight is 470 g/mol. The van der Waals surface area contributed by atoms with Gasteiger partial charge in [0.25, 0.3) is 0 Å². The molecule has 0 rings (SSSR count). The molecule has 170 valence electrons. The molecule has 10 heteroatoms. The molecule has 0 bridgehead atoms. The largest absolute Gasteiger partial charge is 1.00 e. The second-order valence-electron chi connectivity index (χ2n) is 6.87. The Bertz CT molecular complexity index is 553. The summed E-state index contributed by atoms with van der Waals surface area (Å²) in [4.78, 5) is 45.7. The van der Waals surface area contributed by atoms with Crippen molar-refractivity contribution in [1.29, 1.82) is 0 Å². The minimum absolute atomic E-state index is 0. The number of rotatable bonds is 17. The van der Waals surface area contributed by atoms with E-state index in [2.05, 4.69) is 0 Å². The minimum atomic E-state index is -1.33. The molecule has 32 heavy (non-hydrogen) atoms. The molecule has 0 aliphatic carbocycles. The third-order valence-electron chi connectivity index (χ3n) is 4.19. The third kappa shape index (κ3) is 20.0. The SMILES string of the molecule is CCC/C=C/CC(CC(=O)OCCOC(=O)CC(C/C=C/CCC)C(=O)[O-])C(=O)[O-].[Na+].[Na+]. The number of hydrogen-bond acceptors (Lipinski definition) is 8. The molecule has 0 saturated carbocycles. The summed E-state index contributed by atoms with van der Waals surface area (Å²) in [5, 5.41) is 22.2. The van der Waals surface area contributed by atoms with E-state index in [0.29, 0.717) is 0 Å². The molecule has 2 atom stereocenters. The number of ether oxygens (including phenoxy) is 2. The van der Waals surface area contributed by atoms with Gasteiger partial charge in [-0.25, -0.2) is 0 Å². The van der Waals surface area contributed by atoms with Crippen molar-refractivity contribution < 1.29 is 98.0 Å². The van der Waals surface area contributed by atoms with Crippen LogP contribution in [0, 0.1) is 11.8 Å². The van der Waals surface area contributed by atoms with Gasteiger partial charge < -0.3 is 29.3 Å². The number of hydrogen-bond donors (Lipinski definition) is 0. The molecular weight excluding hydrogens is 438 g/mol. The van der Waals surface area contributed by atoms with Gasteiger partial charge in [-0.3, -0.25) is 9.59 Å². The average Bonchev–Trinajstić information content (AvgIpc) is 2.69. The number of aliphatic carboxylic acids is 2. The number of carboxylic acid groups (broad SMARTS) is 2. The molecule has 0 heterocycles. The van der Waals surface area contributed by atoms with Crippen LogP contribution in [0.15, 0.2) is 24.3 Å². The second-order valence-corrected chi connectivity index (χ2v) is 6.87. The van der Waals surface area contributed by atoms with E-state index in [4.69, 9.17) is 9.47 Å². The first-order valence-corrected chi connectivity index (χ1v) is 10.3. The quantitative estimate of drug-likeness (QED) is 0.0894. The number of esters is 2. The molecule has 0 aromatic carbocycles. The summed E-state index contributed by atoms with van der Waals surface area (Å²) in [6.45, 7) is 3.49. The summed E-state index contributed by atoms with van der Waals surface area (Å²) in [7, 11) is 0. The summed E-state index contributed by atoms with van der Waals surface area (Å²) in [6, 6.07) is 0. The molecule has 0 aliphatic rings. The molecule has 0 radical (unpaired) electrons. The van der Waals surface area contributed by atoms with Crippen LogP contribution in [-0.2, 0) is 28.7 Å². The van der Waals surface area contributed by atoms with E-state index < -0.39 is 35.7 Å². The Balaban J connectivity index is -0.00000420. The van der Waals surface area contributed by atoms with Crippen LogP contribution < -0.4 is 69.3 Å². The van der Waals surface area contributed by atoms with Gasteiger partial charge in [0, 0.05) is 23.8 Å². The summed E-state index contributed by atoms with van der Waals surface area (Å²) in [5.41, 5.74) is 0. The van der Waals surface area contributed by atoms with Crippen molar-refractivity contribution >= 4 is 23.9 Å². The molecule has 0 amide bonds. The van der Waals surface area contributed by atoms with E-state index in [0.717, 1.165) is 25.7 Å². The molecule has 0 aromatic rings. The number of unbranched alkanes of at least 4 members (excludes halogenated alkanes) is 2. The fourth-order valence-corrected chi connectivity index (χ4v) is 2.45. The van der Waals surface area contributed by atoms with Crippen LogP contribution in [0.4, 0.5) is 0 Å². The predicted molar refractivity (Wildman–Crippen MR) is 105 cm³/mol. The zero-order chi connectivity index (χ0) is 22.8. The molecule has 0 aromatic heterocycles. The normalized spacial score (nSPS) is 12.4. The molecule has 0 aliphatic heterocycles. The first-order valence-electron chi connectivity index (χ1n) is 10.3. The predicted octanol–water partition coefficient (Wildman–Crippen LogP) is -4.91. The first kappa shape index (κ1) is 35.9. The molecule has 8 nitrogen and oxygen atoms in total. The van der Waals surface area contributed by atoms with Gasteiger partial charge in [0.05, 0.1) is 12.8 Å². The van der Waals surface area contributed by atoms with E-state index in [1.807, 2.05) is 26.0 Å². The van der Waals surface area contributed by atoms with Crippen molar-refractivity contribution in [3.63, 3.8) is 0 Å². The van der Waals surface area contributed by atoms with Crippen LogP contribution in [0.25, 0.3) is 0 Å². The van der Waals surface area contributed by atoms with Gasteiger partial charge in [-0.05, 0) is 25.7 Å². The third-order valence-corrected chi connectivity index (χ3v) is 4.19. The number of carbonyl (C=O) groups is 4. The molecule has 0 N–H and O–H groups in total. The monoisotopic (exact) mass is 470 g/mol. The first-order chi connectivity index (χ1) is 14.3. The fourth-order valence-electron chi connectivity index (χ4n) is 2.45. The van der Waals surface area contributed by atoms with Crippen molar-refractivity contribution in [1.82, 2.24) is 0 Å². The summed E-state index contributed by atoms with van der Waals surface area (Å²) in [5.74, 6) is -6.12. The van der Waals surface area contributed by atoms with E-state index in [1.165, 1.54) is 0 Å². The Morgan fingerprint density at radius 1 is 0.688 bits per heavy atom. The summed E-state index contributed by atoms with van der Waals surface area (Å²) in [6.07, 6.45) is 10.3. The van der Waals surface area contributed by atoms with Crippen molar-refractivity contribution in [3.8, 4) is 0 Å². The van der Waals surface area contributed by atoms with Crippen molar-refractivity contribution in [2.24, 2.45) is 11.8 Å². The number of carboxylic acids is 2. The Morgan fingerprint density at radius 2 is 1.03 bits per heavy atom. The fraction of sp³-hybridized carbons (Fsp3) is 0.636. The molecule has 2 unspecified atom stereocenters. The van der Waals surface area contributed by atoms with Gasteiger partial charge in [0.2, 0.25) is 0 Å². The van der Waals surface area contributed by atoms with Gasteiger partial charge in [-0.1, -0.05) is 51.0 Å². The minimum Gasteiger partial charge on any atom is -0.550 e. The van der Waals surface area contributed by atoms with E-state index in [-0.39, 0.29) is 98.0 Å². The Hall–Kier alpha value is -0.640. The van der Waals surface area contributed by atoms with Gasteiger partial charge in [-0.2, -0.15) is 0 Å². The standard InChI is InChI=1S/C22H34O8.2Na/c1-3-5-7-9-11-17(21(25)26)15-19(23)29-13-14-30-20(24)16-18(22(27)28)12-10-8-6-4-2;;/h7-10,17-18H,3-6,11-16H2,1-2H3,(H,25,26)(H,27,28);;/q;2*+1/p-2/b9-7+,10-8+;;. The Morgan fingerprint density at radius 3 is 1.31 bits per heavy atom. The topological polar surface area (TPSA) is 133 Å². The summed E-state index contributed by atoms with van der Waals surface area (Å²) >= 11 is 0. The maximum absolute atomic E-state index is 11.8. The zero-order valence-electron chi connectivity index (χ0n) is 19.8. The van der Waals surface area contributed by atoms with Gasteiger partial charge in [0.1, 0.15) is 13.2 Å². The number of carbonyl (C=O) groups excluding carboxylic acids is 4. The van der Waals surface area contributed by atoms with E-state index in [1.54, 1.807) is 12.2 Å². The molecular formula is C22H32Na2O8. The number of allylic oxidation sites excluding steroid dienone is 4. The van der Waals surface area contributed by atoms with Crippen LogP contribution in [0.3, 0.4) is 0 Å². The smallest absolute Gasteiger partial charge is 0.550 e. The zero-order valence-corrected chi connectivity index (χ0v) is 23.8. The van der Waals surface area contributed by atoms with Gasteiger partial charge in [0.15, 0.2) is 0 Å². The van der Waals surface area contributed by atoms with Crippen LogP contribution in [-0.4, -0.2) is 37.1 Å². The molecule has 0 saturated heterocycles. The summed E-state index contributed by atoms with van der Waals surface area (Å²) < 4.78 is 9.75. The van der Waals surface area contributed by atoms with E-state index >= 15 is 0 Å². The van der Waals surface area contributed by atoms with Crippen LogP contribution in [0.5, 0.6) is 0 Å². The van der Waals surface area contributed by atoms with Crippen LogP contribution in [0.1, 0.15) is 65.2 Å². The maximum atomic E-state index is 11.8. The van der Waals surface area contributed by atoms with E-state index in [9.17, 15) is 29.4 Å². The Kier molecular flexibility index (Phi) is 26.4. The van der Waals surface area contributed by atoms with Crippen molar-refractivity contribution in [2.45, 2.75) is 65.2 Å². The molecule has 0 spiro atoms. The second kappa shape index (κ2) is 23.5. The van der Waals surface area contributed by atoms with Crippen molar-refractivity contribution in [3.05, 3.63) is 24.3 Å². The maximum Gasteiger partial charge on any atom is 1.00 e. The van der Waals surface area contributed by atoms with Crippen LogP contribution >= 0.6 is 0 Å². The van der Waals surface area contributed by atoms with Crippen molar-refractivity contribution in [2.75, 3.05) is 13.2 Å². The van der Waals surface area contributed by atoms with Gasteiger partial charge >= 0.3 is 71.1 Å². The Labute approximate surface area is 234 Å². The molecule has 0 fully saturated rings. The van der Waals surface area contributed by atoms with Gasteiger partial charge in [-0.15, -0.1) is 0 Å². The van der Waals surface area contributed by atoms with Crippen LogP contribution in [0.2, 0.25) is 0 Å².